The molecule has 0 saturated carbocycles. The summed E-state index contributed by atoms with van der Waals surface area (Å²) in [6.07, 6.45) is 5.50. The fourth-order valence-corrected chi connectivity index (χ4v) is 3.16. The zero-order valence-electron chi connectivity index (χ0n) is 13.1. The molecule has 23 heavy (non-hydrogen) atoms. The normalized spacial score (nSPS) is 15.7. The second kappa shape index (κ2) is 7.00. The lowest BCUT2D eigenvalue weighted by Crippen LogP contribution is -2.41. The van der Waals surface area contributed by atoms with E-state index in [-0.39, 0.29) is 6.03 Å². The standard InChI is InChI=1S/C16H20ClN5O/c1-12-3-2-4-14(17)15(12)19-16(23)21-8-5-13(6-9-21)11-22-10-7-18-20-22/h2-4,7,10,13H,5-6,8-9,11H2,1H3,(H,19,23). The van der Waals surface area contributed by atoms with Crippen molar-refractivity contribution in [3.63, 3.8) is 0 Å². The molecule has 1 N–H and O–H groups in total. The molecule has 1 aliphatic heterocycles. The third-order valence-electron chi connectivity index (χ3n) is 4.27. The van der Waals surface area contributed by atoms with Crippen molar-refractivity contribution >= 4 is 23.3 Å². The van der Waals surface area contributed by atoms with Gasteiger partial charge in [0.2, 0.25) is 0 Å². The average Bonchev–Trinajstić information content (AvgIpc) is 3.04. The van der Waals surface area contributed by atoms with Gasteiger partial charge in [-0.25, -0.2) is 4.79 Å². The van der Waals surface area contributed by atoms with E-state index in [0.717, 1.165) is 38.0 Å². The summed E-state index contributed by atoms with van der Waals surface area (Å²) in [5, 5.41) is 11.3. The Morgan fingerprint density at radius 2 is 2.17 bits per heavy atom. The summed E-state index contributed by atoms with van der Waals surface area (Å²) in [6, 6.07) is 5.52. The average molecular weight is 334 g/mol. The molecule has 1 aromatic carbocycles. The molecule has 6 nitrogen and oxygen atoms in total. The van der Waals surface area contributed by atoms with Crippen molar-refractivity contribution < 1.29 is 4.79 Å². The molecule has 122 valence electrons. The summed E-state index contributed by atoms with van der Waals surface area (Å²) < 4.78 is 1.85. The van der Waals surface area contributed by atoms with Gasteiger partial charge < -0.3 is 10.2 Å². The first kappa shape index (κ1) is 15.8. The molecule has 1 fully saturated rings. The molecule has 2 heterocycles. The number of rotatable bonds is 3. The van der Waals surface area contributed by atoms with Crippen molar-refractivity contribution in [2.24, 2.45) is 5.92 Å². The number of anilines is 1. The number of halogens is 1. The summed E-state index contributed by atoms with van der Waals surface area (Å²) in [6.45, 7) is 4.29. The van der Waals surface area contributed by atoms with Crippen molar-refractivity contribution in [2.75, 3.05) is 18.4 Å². The highest BCUT2D eigenvalue weighted by Gasteiger charge is 2.24. The van der Waals surface area contributed by atoms with Crippen LogP contribution in [0.3, 0.4) is 0 Å². The Balaban J connectivity index is 1.54. The van der Waals surface area contributed by atoms with Crippen molar-refractivity contribution in [2.45, 2.75) is 26.3 Å². The van der Waals surface area contributed by atoms with Crippen LogP contribution in [0, 0.1) is 12.8 Å². The number of hydrogen-bond acceptors (Lipinski definition) is 3. The fourth-order valence-electron chi connectivity index (χ4n) is 2.89. The van der Waals surface area contributed by atoms with Gasteiger partial charge in [0.25, 0.3) is 0 Å². The zero-order chi connectivity index (χ0) is 16.2. The number of carbonyl (C=O) groups excluding carboxylic acids is 1. The molecule has 7 heteroatoms. The predicted molar refractivity (Wildman–Crippen MR) is 89.5 cm³/mol. The maximum Gasteiger partial charge on any atom is 0.321 e. The fraction of sp³-hybridized carbons (Fsp3) is 0.438. The number of benzene rings is 1. The SMILES string of the molecule is Cc1cccc(Cl)c1NC(=O)N1CCC(Cn2ccnn2)CC1. The van der Waals surface area contributed by atoms with Crippen LogP contribution in [-0.2, 0) is 6.54 Å². The molecule has 0 bridgehead atoms. The Hall–Kier alpha value is -2.08. The minimum Gasteiger partial charge on any atom is -0.325 e. The second-order valence-corrected chi connectivity index (χ2v) is 6.32. The molecule has 0 radical (unpaired) electrons. The first-order valence-corrected chi connectivity index (χ1v) is 8.16. The van der Waals surface area contributed by atoms with Crippen LogP contribution in [0.15, 0.2) is 30.6 Å². The Labute approximate surface area is 140 Å². The number of urea groups is 1. The third kappa shape index (κ3) is 3.82. The minimum atomic E-state index is -0.0830. The van der Waals surface area contributed by atoms with E-state index in [9.17, 15) is 4.79 Å². The Morgan fingerprint density at radius 3 is 2.83 bits per heavy atom. The molecule has 0 aliphatic carbocycles. The number of amides is 2. The van der Waals surface area contributed by atoms with Crippen molar-refractivity contribution in [1.82, 2.24) is 19.9 Å². The molecular formula is C16H20ClN5O. The monoisotopic (exact) mass is 333 g/mol. The highest BCUT2D eigenvalue weighted by molar-refractivity contribution is 6.33. The first-order chi connectivity index (χ1) is 11.1. The summed E-state index contributed by atoms with van der Waals surface area (Å²) in [7, 11) is 0. The van der Waals surface area contributed by atoms with Crippen LogP contribution < -0.4 is 5.32 Å². The molecular weight excluding hydrogens is 314 g/mol. The quantitative estimate of drug-likeness (QED) is 0.938. The number of likely N-dealkylation sites (tertiary alicyclic amines) is 1. The highest BCUT2D eigenvalue weighted by atomic mass is 35.5. The summed E-state index contributed by atoms with van der Waals surface area (Å²) in [5.41, 5.74) is 1.66. The Bertz CT molecular complexity index is 645. The molecule has 0 spiro atoms. The Kier molecular flexibility index (Phi) is 4.81. The molecule has 0 atom stereocenters. The van der Waals surface area contributed by atoms with Gasteiger partial charge in [-0.15, -0.1) is 5.10 Å². The van der Waals surface area contributed by atoms with Gasteiger partial charge in [0.1, 0.15) is 0 Å². The van der Waals surface area contributed by atoms with E-state index in [4.69, 9.17) is 11.6 Å². The zero-order valence-corrected chi connectivity index (χ0v) is 13.8. The maximum atomic E-state index is 12.4. The van der Waals surface area contributed by atoms with Gasteiger partial charge in [0.15, 0.2) is 0 Å². The largest absolute Gasteiger partial charge is 0.325 e. The maximum absolute atomic E-state index is 12.4. The van der Waals surface area contributed by atoms with Gasteiger partial charge in [0.05, 0.1) is 16.9 Å². The molecule has 3 rings (SSSR count). The topological polar surface area (TPSA) is 63.1 Å². The van der Waals surface area contributed by atoms with Crippen LogP contribution in [0.2, 0.25) is 5.02 Å². The van der Waals surface area contributed by atoms with E-state index >= 15 is 0 Å². The van der Waals surface area contributed by atoms with E-state index in [2.05, 4.69) is 15.6 Å². The number of hydrogen-bond donors (Lipinski definition) is 1. The van der Waals surface area contributed by atoms with E-state index in [1.807, 2.05) is 34.8 Å². The molecule has 1 aliphatic rings. The lowest BCUT2D eigenvalue weighted by Gasteiger charge is -2.32. The van der Waals surface area contributed by atoms with E-state index in [0.29, 0.717) is 16.6 Å². The van der Waals surface area contributed by atoms with Crippen molar-refractivity contribution in [3.05, 3.63) is 41.2 Å². The molecule has 2 aromatic rings. The van der Waals surface area contributed by atoms with Gasteiger partial charge in [-0.2, -0.15) is 0 Å². The van der Waals surface area contributed by atoms with E-state index in [1.54, 1.807) is 12.3 Å². The van der Waals surface area contributed by atoms with Crippen LogP contribution in [0.1, 0.15) is 18.4 Å². The number of aromatic nitrogens is 3. The summed E-state index contributed by atoms with van der Waals surface area (Å²) in [5.74, 6) is 0.530. The van der Waals surface area contributed by atoms with Gasteiger partial charge in [0, 0.05) is 25.8 Å². The summed E-state index contributed by atoms with van der Waals surface area (Å²) in [4.78, 5) is 14.3. The number of aryl methyl sites for hydroxylation is 1. The van der Waals surface area contributed by atoms with E-state index < -0.39 is 0 Å². The Morgan fingerprint density at radius 1 is 1.39 bits per heavy atom. The van der Waals surface area contributed by atoms with Crippen LogP contribution in [-0.4, -0.2) is 39.0 Å². The summed E-state index contributed by atoms with van der Waals surface area (Å²) >= 11 is 6.17. The van der Waals surface area contributed by atoms with Crippen LogP contribution in [0.5, 0.6) is 0 Å². The number of carbonyl (C=O) groups is 1. The number of para-hydroxylation sites is 1. The van der Waals surface area contributed by atoms with Gasteiger partial charge in [-0.3, -0.25) is 4.68 Å². The molecule has 2 amide bonds. The lowest BCUT2D eigenvalue weighted by atomic mass is 9.97. The minimum absolute atomic E-state index is 0.0830. The van der Waals surface area contributed by atoms with Gasteiger partial charge >= 0.3 is 6.03 Å². The number of nitrogens with zero attached hydrogens (tertiary/aromatic N) is 4. The molecule has 1 aromatic heterocycles. The highest BCUT2D eigenvalue weighted by Crippen LogP contribution is 2.26. The van der Waals surface area contributed by atoms with Crippen LogP contribution >= 0.6 is 11.6 Å². The van der Waals surface area contributed by atoms with Crippen molar-refractivity contribution in [3.8, 4) is 0 Å². The smallest absolute Gasteiger partial charge is 0.321 e. The predicted octanol–water partition coefficient (Wildman–Crippen LogP) is 3.18. The van der Waals surface area contributed by atoms with Crippen LogP contribution in [0.4, 0.5) is 10.5 Å². The number of nitrogens with one attached hydrogen (secondary N) is 1. The van der Waals surface area contributed by atoms with Crippen molar-refractivity contribution in [1.29, 1.82) is 0 Å². The third-order valence-corrected chi connectivity index (χ3v) is 4.59. The number of piperidine rings is 1. The van der Waals surface area contributed by atoms with Gasteiger partial charge in [-0.05, 0) is 37.3 Å². The lowest BCUT2D eigenvalue weighted by molar-refractivity contribution is 0.175. The van der Waals surface area contributed by atoms with E-state index in [1.165, 1.54) is 0 Å². The van der Waals surface area contributed by atoms with Gasteiger partial charge in [-0.1, -0.05) is 28.9 Å². The van der Waals surface area contributed by atoms with Crippen LogP contribution in [0.25, 0.3) is 0 Å². The molecule has 1 saturated heterocycles. The molecule has 0 unspecified atom stereocenters. The first-order valence-electron chi connectivity index (χ1n) is 7.78. The second-order valence-electron chi connectivity index (χ2n) is 5.92.